The van der Waals surface area contributed by atoms with E-state index in [2.05, 4.69) is 23.9 Å². The molecule has 0 aliphatic carbocycles. The maximum Gasteiger partial charge on any atom is 0.335 e. The summed E-state index contributed by atoms with van der Waals surface area (Å²) in [6.45, 7) is 2.94. The van der Waals surface area contributed by atoms with Crippen LogP contribution in [0.1, 0.15) is 40.9 Å². The molecule has 2 aromatic rings. The van der Waals surface area contributed by atoms with Gasteiger partial charge in [-0.1, -0.05) is 19.1 Å². The molecule has 0 bridgehead atoms. The summed E-state index contributed by atoms with van der Waals surface area (Å²) in [6.07, 6.45) is 4.63. The summed E-state index contributed by atoms with van der Waals surface area (Å²) in [4.78, 5) is 17.2. The Balaban J connectivity index is 2.09. The van der Waals surface area contributed by atoms with E-state index in [0.717, 1.165) is 18.5 Å². The molecule has 0 aliphatic rings. The fourth-order valence-corrected chi connectivity index (χ4v) is 2.54. The van der Waals surface area contributed by atoms with E-state index in [4.69, 9.17) is 5.11 Å². The third kappa shape index (κ3) is 3.89. The Hall–Kier alpha value is -2.20. The normalized spacial score (nSPS) is 12.3. The quantitative estimate of drug-likeness (QED) is 0.883. The number of hydrogen-bond donors (Lipinski definition) is 1. The van der Waals surface area contributed by atoms with Gasteiger partial charge in [-0.2, -0.15) is 0 Å². The molecule has 110 valence electrons. The molecule has 1 heterocycles. The number of aromatic carboxylic acids is 1. The van der Waals surface area contributed by atoms with Gasteiger partial charge in [-0.15, -0.1) is 0 Å². The monoisotopic (exact) mass is 284 g/mol. The Bertz CT molecular complexity index is 581. The van der Waals surface area contributed by atoms with Gasteiger partial charge >= 0.3 is 5.97 Å². The average molecular weight is 284 g/mol. The summed E-state index contributed by atoms with van der Waals surface area (Å²) >= 11 is 0. The first-order valence-electron chi connectivity index (χ1n) is 7.04. The zero-order valence-corrected chi connectivity index (χ0v) is 12.4. The Morgan fingerprint density at radius 2 is 1.81 bits per heavy atom. The van der Waals surface area contributed by atoms with Gasteiger partial charge in [0.05, 0.1) is 5.56 Å². The highest BCUT2D eigenvalue weighted by Crippen LogP contribution is 2.23. The number of benzene rings is 1. The number of carbonyl (C=O) groups is 1. The molecule has 1 aromatic carbocycles. The molecule has 2 rings (SSSR count). The van der Waals surface area contributed by atoms with Crippen LogP contribution in [0.4, 0.5) is 0 Å². The summed E-state index contributed by atoms with van der Waals surface area (Å²) in [5, 5.41) is 8.92. The summed E-state index contributed by atoms with van der Waals surface area (Å²) in [6, 6.07) is 11.5. The van der Waals surface area contributed by atoms with E-state index < -0.39 is 5.97 Å². The second kappa shape index (κ2) is 6.99. The van der Waals surface area contributed by atoms with Crippen LogP contribution in [0.2, 0.25) is 0 Å². The van der Waals surface area contributed by atoms with Gasteiger partial charge < -0.3 is 5.11 Å². The molecule has 0 saturated carbocycles. The molecule has 0 aliphatic heterocycles. The SMILES string of the molecule is CCC(c1ccncc1)N(C)Cc1ccc(C(=O)O)cc1. The van der Waals surface area contributed by atoms with Crippen LogP contribution in [0.3, 0.4) is 0 Å². The van der Waals surface area contributed by atoms with E-state index in [1.807, 2.05) is 36.7 Å². The van der Waals surface area contributed by atoms with Crippen molar-refractivity contribution in [2.75, 3.05) is 7.05 Å². The van der Waals surface area contributed by atoms with Crippen molar-refractivity contribution in [1.82, 2.24) is 9.88 Å². The zero-order valence-electron chi connectivity index (χ0n) is 12.4. The van der Waals surface area contributed by atoms with E-state index >= 15 is 0 Å². The van der Waals surface area contributed by atoms with Crippen molar-refractivity contribution >= 4 is 5.97 Å². The average Bonchev–Trinajstić information content (AvgIpc) is 2.49. The predicted molar refractivity (Wildman–Crippen MR) is 82.1 cm³/mol. The first-order chi connectivity index (χ1) is 10.1. The number of aromatic nitrogens is 1. The third-order valence-electron chi connectivity index (χ3n) is 3.64. The largest absolute Gasteiger partial charge is 0.478 e. The third-order valence-corrected chi connectivity index (χ3v) is 3.64. The van der Waals surface area contributed by atoms with Gasteiger partial charge in [0.2, 0.25) is 0 Å². The Morgan fingerprint density at radius 3 is 2.33 bits per heavy atom. The predicted octanol–water partition coefficient (Wildman–Crippen LogP) is 3.36. The van der Waals surface area contributed by atoms with Crippen molar-refractivity contribution < 1.29 is 9.90 Å². The fraction of sp³-hybridized carbons (Fsp3) is 0.294. The maximum atomic E-state index is 10.9. The standard InChI is InChI=1S/C17H20N2O2/c1-3-16(14-8-10-18-11-9-14)19(2)12-13-4-6-15(7-5-13)17(20)21/h4-11,16H,3,12H2,1-2H3,(H,20,21). The molecule has 1 atom stereocenters. The topological polar surface area (TPSA) is 53.4 Å². The highest BCUT2D eigenvalue weighted by atomic mass is 16.4. The van der Waals surface area contributed by atoms with E-state index in [0.29, 0.717) is 11.6 Å². The van der Waals surface area contributed by atoms with E-state index in [1.54, 1.807) is 12.1 Å². The molecule has 0 spiro atoms. The number of carboxylic acids is 1. The van der Waals surface area contributed by atoms with Gasteiger partial charge in [0.15, 0.2) is 0 Å². The lowest BCUT2D eigenvalue weighted by molar-refractivity contribution is 0.0697. The molecule has 1 N–H and O–H groups in total. The van der Waals surface area contributed by atoms with Crippen LogP contribution < -0.4 is 0 Å². The van der Waals surface area contributed by atoms with Gasteiger partial charge in [0, 0.05) is 25.0 Å². The van der Waals surface area contributed by atoms with Gasteiger partial charge in [0.25, 0.3) is 0 Å². The van der Waals surface area contributed by atoms with Crippen molar-refractivity contribution in [3.63, 3.8) is 0 Å². The fourth-order valence-electron chi connectivity index (χ4n) is 2.54. The van der Waals surface area contributed by atoms with Gasteiger partial charge in [-0.25, -0.2) is 4.79 Å². The van der Waals surface area contributed by atoms with E-state index in [9.17, 15) is 4.79 Å². The van der Waals surface area contributed by atoms with Crippen molar-refractivity contribution in [3.05, 3.63) is 65.5 Å². The first-order valence-corrected chi connectivity index (χ1v) is 7.04. The summed E-state index contributed by atoms with van der Waals surface area (Å²) < 4.78 is 0. The highest BCUT2D eigenvalue weighted by molar-refractivity contribution is 5.87. The molecule has 0 radical (unpaired) electrons. The van der Waals surface area contributed by atoms with Crippen LogP contribution >= 0.6 is 0 Å². The molecular formula is C17H20N2O2. The summed E-state index contributed by atoms with van der Waals surface area (Å²) in [5.41, 5.74) is 2.68. The molecule has 1 unspecified atom stereocenters. The minimum absolute atomic E-state index is 0.322. The van der Waals surface area contributed by atoms with Crippen LogP contribution in [-0.4, -0.2) is 28.0 Å². The summed E-state index contributed by atoms with van der Waals surface area (Å²) in [7, 11) is 2.08. The van der Waals surface area contributed by atoms with E-state index in [-0.39, 0.29) is 0 Å². The van der Waals surface area contributed by atoms with Crippen molar-refractivity contribution in [3.8, 4) is 0 Å². The minimum Gasteiger partial charge on any atom is -0.478 e. The maximum absolute atomic E-state index is 10.9. The van der Waals surface area contributed by atoms with Gasteiger partial charge in [0.1, 0.15) is 0 Å². The number of nitrogens with zero attached hydrogens (tertiary/aromatic N) is 2. The van der Waals surface area contributed by atoms with Crippen LogP contribution in [-0.2, 0) is 6.54 Å². The Kier molecular flexibility index (Phi) is 5.06. The smallest absolute Gasteiger partial charge is 0.335 e. The van der Waals surface area contributed by atoms with Crippen LogP contribution in [0.5, 0.6) is 0 Å². The Morgan fingerprint density at radius 1 is 1.19 bits per heavy atom. The molecule has 0 fully saturated rings. The van der Waals surface area contributed by atoms with Crippen LogP contribution in [0, 0.1) is 0 Å². The lowest BCUT2D eigenvalue weighted by Crippen LogP contribution is -2.23. The van der Waals surface area contributed by atoms with Crippen molar-refractivity contribution in [1.29, 1.82) is 0 Å². The van der Waals surface area contributed by atoms with Crippen LogP contribution in [0.25, 0.3) is 0 Å². The lowest BCUT2D eigenvalue weighted by atomic mass is 10.0. The first kappa shape index (κ1) is 15.2. The molecular weight excluding hydrogens is 264 g/mol. The van der Waals surface area contributed by atoms with Gasteiger partial charge in [-0.05, 0) is 48.9 Å². The molecule has 4 heteroatoms. The molecule has 0 amide bonds. The number of rotatable bonds is 6. The number of carboxylic acid groups (broad SMARTS) is 1. The van der Waals surface area contributed by atoms with Gasteiger partial charge in [-0.3, -0.25) is 9.88 Å². The molecule has 21 heavy (non-hydrogen) atoms. The lowest BCUT2D eigenvalue weighted by Gasteiger charge is -2.27. The second-order valence-corrected chi connectivity index (χ2v) is 5.12. The molecule has 4 nitrogen and oxygen atoms in total. The molecule has 1 aromatic heterocycles. The zero-order chi connectivity index (χ0) is 15.2. The highest BCUT2D eigenvalue weighted by Gasteiger charge is 2.15. The number of hydrogen-bond acceptors (Lipinski definition) is 3. The van der Waals surface area contributed by atoms with Crippen LogP contribution in [0.15, 0.2) is 48.8 Å². The van der Waals surface area contributed by atoms with Crippen molar-refractivity contribution in [2.24, 2.45) is 0 Å². The second-order valence-electron chi connectivity index (χ2n) is 5.12. The number of pyridine rings is 1. The Labute approximate surface area is 125 Å². The van der Waals surface area contributed by atoms with E-state index in [1.165, 1.54) is 5.56 Å². The summed E-state index contributed by atoms with van der Waals surface area (Å²) in [5.74, 6) is -0.891. The molecule has 0 saturated heterocycles. The van der Waals surface area contributed by atoms with Crippen molar-refractivity contribution in [2.45, 2.75) is 25.9 Å². The minimum atomic E-state index is -0.891.